The van der Waals surface area contributed by atoms with Crippen LogP contribution in [0.2, 0.25) is 0 Å². The Hall–Kier alpha value is -4.83. The van der Waals surface area contributed by atoms with E-state index in [9.17, 15) is 14.0 Å². The lowest BCUT2D eigenvalue weighted by Crippen LogP contribution is -2.20. The molecule has 1 aromatic heterocycles. The van der Waals surface area contributed by atoms with Crippen molar-refractivity contribution in [3.63, 3.8) is 0 Å². The van der Waals surface area contributed by atoms with E-state index in [1.807, 2.05) is 36.4 Å². The summed E-state index contributed by atoms with van der Waals surface area (Å²) < 4.78 is 26.3. The van der Waals surface area contributed by atoms with Crippen molar-refractivity contribution in [2.24, 2.45) is 5.10 Å². The molecule has 5 rings (SSSR count). The fourth-order valence-corrected chi connectivity index (χ4v) is 4.56. The maximum absolute atomic E-state index is 13.4. The second-order valence-corrected chi connectivity index (χ2v) is 9.42. The molecule has 10 heteroatoms. The quantitative estimate of drug-likeness (QED) is 0.225. The van der Waals surface area contributed by atoms with Gasteiger partial charge in [-0.3, -0.25) is 9.59 Å². The molecule has 8 nitrogen and oxygen atoms in total. The number of fused-ring (bicyclic) bond motifs is 1. The molecule has 0 atom stereocenters. The number of rotatable bonds is 8. The molecule has 5 aromatic rings. The molecule has 0 aliphatic carbocycles. The first-order valence-electron chi connectivity index (χ1n) is 12.1. The predicted octanol–water partition coefficient (Wildman–Crippen LogP) is 5.87. The second kappa shape index (κ2) is 11.9. The minimum absolute atomic E-state index is 0.295. The van der Waals surface area contributed by atoms with Crippen LogP contribution in [0.1, 0.15) is 5.56 Å². The Balaban J connectivity index is 1.43. The number of aromatic nitrogens is 2. The van der Waals surface area contributed by atoms with E-state index in [0.717, 1.165) is 5.56 Å². The summed E-state index contributed by atoms with van der Waals surface area (Å²) in [6.45, 7) is -0.336. The summed E-state index contributed by atoms with van der Waals surface area (Å²) in [6.07, 6.45) is 1.51. The molecule has 0 unspecified atom stereocenters. The van der Waals surface area contributed by atoms with E-state index in [-0.39, 0.29) is 12.2 Å². The van der Waals surface area contributed by atoms with E-state index < -0.39 is 11.7 Å². The van der Waals surface area contributed by atoms with Crippen molar-refractivity contribution >= 4 is 44.6 Å². The lowest BCUT2D eigenvalue weighted by molar-refractivity contribution is -0.118. The standard InChI is InChI=1S/C30H22BrFN4O4/c1-39-26-15-19(14-24(31)28(26)40-18-27(37)34-22-11-7-10-21(32)16-22)17-33-36-29(20-8-3-2-4-9-20)35-25-13-6-5-12-23(25)30(36)38/h2-17H,18H2,1H3,(H,34,37). The molecular formula is C30H22BrFN4O4. The number of amides is 1. The number of nitrogens with zero attached hydrogens (tertiary/aromatic N) is 3. The van der Waals surface area contributed by atoms with Gasteiger partial charge in [0.25, 0.3) is 11.5 Å². The van der Waals surface area contributed by atoms with Crippen LogP contribution in [0.25, 0.3) is 22.3 Å². The van der Waals surface area contributed by atoms with Crippen LogP contribution >= 0.6 is 15.9 Å². The number of carbonyl (C=O) groups excluding carboxylic acids is 1. The van der Waals surface area contributed by atoms with Crippen molar-refractivity contribution in [1.82, 2.24) is 9.66 Å². The molecule has 0 saturated heterocycles. The zero-order valence-electron chi connectivity index (χ0n) is 21.2. The highest BCUT2D eigenvalue weighted by Crippen LogP contribution is 2.36. The van der Waals surface area contributed by atoms with Crippen LogP contribution in [0.5, 0.6) is 11.5 Å². The monoisotopic (exact) mass is 600 g/mol. The first kappa shape index (κ1) is 26.8. The third kappa shape index (κ3) is 5.92. The number of anilines is 1. The Kier molecular flexibility index (Phi) is 7.97. The molecular weight excluding hydrogens is 579 g/mol. The van der Waals surface area contributed by atoms with Gasteiger partial charge in [-0.05, 0) is 64.0 Å². The van der Waals surface area contributed by atoms with Crippen LogP contribution in [-0.4, -0.2) is 35.5 Å². The van der Waals surface area contributed by atoms with Crippen LogP contribution in [0.15, 0.2) is 105 Å². The fraction of sp³-hybridized carbons (Fsp3) is 0.0667. The Bertz CT molecular complexity index is 1790. The van der Waals surface area contributed by atoms with Crippen molar-refractivity contribution < 1.29 is 18.7 Å². The lowest BCUT2D eigenvalue weighted by atomic mass is 10.2. The lowest BCUT2D eigenvalue weighted by Gasteiger charge is -2.14. The van der Waals surface area contributed by atoms with E-state index in [0.29, 0.717) is 43.9 Å². The van der Waals surface area contributed by atoms with E-state index >= 15 is 0 Å². The van der Waals surface area contributed by atoms with Crippen LogP contribution in [0, 0.1) is 5.82 Å². The maximum Gasteiger partial charge on any atom is 0.282 e. The molecule has 1 amide bonds. The average molecular weight is 601 g/mol. The van der Waals surface area contributed by atoms with E-state index in [1.54, 1.807) is 36.4 Å². The van der Waals surface area contributed by atoms with Gasteiger partial charge in [0, 0.05) is 11.3 Å². The van der Waals surface area contributed by atoms with Crippen LogP contribution < -0.4 is 20.3 Å². The molecule has 0 fully saturated rings. The largest absolute Gasteiger partial charge is 0.493 e. The number of methoxy groups -OCH3 is 1. The van der Waals surface area contributed by atoms with Crippen molar-refractivity contribution in [3.8, 4) is 22.9 Å². The van der Waals surface area contributed by atoms with Gasteiger partial charge in [-0.2, -0.15) is 9.78 Å². The van der Waals surface area contributed by atoms with E-state index in [2.05, 4.69) is 26.3 Å². The molecule has 0 spiro atoms. The maximum atomic E-state index is 13.4. The molecule has 200 valence electrons. The minimum Gasteiger partial charge on any atom is -0.493 e. The molecule has 0 aliphatic heterocycles. The van der Waals surface area contributed by atoms with Crippen LogP contribution in [-0.2, 0) is 4.79 Å². The number of benzene rings is 4. The van der Waals surface area contributed by atoms with Crippen LogP contribution in [0.3, 0.4) is 0 Å². The Labute approximate surface area is 236 Å². The van der Waals surface area contributed by atoms with Gasteiger partial charge in [-0.15, -0.1) is 0 Å². The number of halogens is 2. The van der Waals surface area contributed by atoms with Gasteiger partial charge in [0.15, 0.2) is 23.9 Å². The number of para-hydroxylation sites is 1. The molecule has 0 aliphatic rings. The number of carbonyl (C=O) groups is 1. The van der Waals surface area contributed by atoms with E-state index in [4.69, 9.17) is 14.5 Å². The van der Waals surface area contributed by atoms with Gasteiger partial charge in [-0.25, -0.2) is 9.37 Å². The molecule has 40 heavy (non-hydrogen) atoms. The molecule has 0 bridgehead atoms. The predicted molar refractivity (Wildman–Crippen MR) is 156 cm³/mol. The number of hydrogen-bond acceptors (Lipinski definition) is 6. The third-order valence-electron chi connectivity index (χ3n) is 5.82. The summed E-state index contributed by atoms with van der Waals surface area (Å²) in [6, 6.07) is 25.4. The average Bonchev–Trinajstić information content (AvgIpc) is 2.96. The summed E-state index contributed by atoms with van der Waals surface area (Å²) in [5.41, 5.74) is 1.92. The summed E-state index contributed by atoms with van der Waals surface area (Å²) in [4.78, 5) is 30.4. The highest BCUT2D eigenvalue weighted by Gasteiger charge is 2.15. The summed E-state index contributed by atoms with van der Waals surface area (Å²) in [5, 5.41) is 7.50. The Morgan fingerprint density at radius 1 is 1.05 bits per heavy atom. The minimum atomic E-state index is -0.471. The van der Waals surface area contributed by atoms with Crippen LogP contribution in [0.4, 0.5) is 10.1 Å². The fourth-order valence-electron chi connectivity index (χ4n) is 3.98. The number of ether oxygens (including phenoxy) is 2. The van der Waals surface area contributed by atoms with Gasteiger partial charge >= 0.3 is 0 Å². The Morgan fingerprint density at radius 3 is 2.60 bits per heavy atom. The van der Waals surface area contributed by atoms with Crippen molar-refractivity contribution in [2.75, 3.05) is 19.0 Å². The zero-order chi connectivity index (χ0) is 28.1. The van der Waals surface area contributed by atoms with Gasteiger partial charge in [-0.1, -0.05) is 48.5 Å². The van der Waals surface area contributed by atoms with Crippen molar-refractivity contribution in [1.29, 1.82) is 0 Å². The SMILES string of the molecule is COc1cc(C=Nn2c(-c3ccccc3)nc3ccccc3c2=O)cc(Br)c1OCC(=O)Nc1cccc(F)c1. The summed E-state index contributed by atoms with van der Waals surface area (Å²) >= 11 is 3.46. The van der Waals surface area contributed by atoms with Crippen molar-refractivity contribution in [2.45, 2.75) is 0 Å². The van der Waals surface area contributed by atoms with Gasteiger partial charge in [0.2, 0.25) is 0 Å². The van der Waals surface area contributed by atoms with Gasteiger partial charge in [0.05, 0.1) is 28.7 Å². The second-order valence-electron chi connectivity index (χ2n) is 8.56. The third-order valence-corrected chi connectivity index (χ3v) is 6.40. The van der Waals surface area contributed by atoms with Gasteiger partial charge < -0.3 is 14.8 Å². The summed E-state index contributed by atoms with van der Waals surface area (Å²) in [5.74, 6) is 0.0980. The van der Waals surface area contributed by atoms with E-state index in [1.165, 1.54) is 36.2 Å². The molecule has 4 aromatic carbocycles. The summed E-state index contributed by atoms with van der Waals surface area (Å²) in [7, 11) is 1.47. The normalized spacial score (nSPS) is 11.1. The molecule has 0 radical (unpaired) electrons. The Morgan fingerprint density at radius 2 is 1.82 bits per heavy atom. The topological polar surface area (TPSA) is 94.8 Å². The molecule has 0 saturated carbocycles. The van der Waals surface area contributed by atoms with Crippen molar-refractivity contribution in [3.05, 3.63) is 117 Å². The smallest absolute Gasteiger partial charge is 0.282 e. The first-order chi connectivity index (χ1) is 19.4. The molecule has 1 heterocycles. The van der Waals surface area contributed by atoms with Gasteiger partial charge in [0.1, 0.15) is 5.82 Å². The highest BCUT2D eigenvalue weighted by molar-refractivity contribution is 9.10. The first-order valence-corrected chi connectivity index (χ1v) is 12.9. The molecule has 1 N–H and O–H groups in total. The number of hydrogen-bond donors (Lipinski definition) is 1. The zero-order valence-corrected chi connectivity index (χ0v) is 22.8. The highest BCUT2D eigenvalue weighted by atomic mass is 79.9. The number of nitrogens with one attached hydrogen (secondary N) is 1.